The molecule has 138 valence electrons. The minimum atomic E-state index is -0.193. The molecule has 2 aliphatic heterocycles. The number of thiocarbonyl (C=S) groups is 1. The Balaban J connectivity index is 1.62. The van der Waals surface area contributed by atoms with Crippen molar-refractivity contribution in [3.63, 3.8) is 0 Å². The third-order valence-corrected chi connectivity index (χ3v) is 6.76. The smallest absolute Gasteiger partial charge is 0.239 e. The summed E-state index contributed by atoms with van der Waals surface area (Å²) >= 11 is 9.96. The summed E-state index contributed by atoms with van der Waals surface area (Å²) in [6, 6.07) is 14.0. The summed E-state index contributed by atoms with van der Waals surface area (Å²) in [5.74, 6) is 0.109. The first kappa shape index (κ1) is 18.7. The van der Waals surface area contributed by atoms with E-state index in [9.17, 15) is 9.59 Å². The molecule has 1 saturated heterocycles. The molecule has 2 aromatic carbocycles. The molecule has 0 aromatic heterocycles. The normalized spacial score (nSPS) is 19.2. The molecule has 2 heterocycles. The maximum atomic E-state index is 12.6. The third-order valence-electron chi connectivity index (χ3n) is 4.86. The van der Waals surface area contributed by atoms with Crippen LogP contribution in [0.5, 0.6) is 0 Å². The highest BCUT2D eigenvalue weighted by Gasteiger charge is 2.32. The zero-order valence-corrected chi connectivity index (χ0v) is 17.6. The molecule has 0 aliphatic carbocycles. The summed E-state index contributed by atoms with van der Waals surface area (Å²) in [5, 5.41) is 2.51. The van der Waals surface area contributed by atoms with Crippen LogP contribution in [0.25, 0.3) is 0 Å². The summed E-state index contributed by atoms with van der Waals surface area (Å²) in [5.41, 5.74) is 4.33. The van der Waals surface area contributed by atoms with Crippen LogP contribution in [0.4, 0.5) is 5.69 Å². The van der Waals surface area contributed by atoms with Crippen molar-refractivity contribution in [2.24, 2.45) is 0 Å². The van der Waals surface area contributed by atoms with E-state index in [1.165, 1.54) is 17.3 Å². The first-order valence-corrected chi connectivity index (χ1v) is 10.8. The molecule has 1 atom stereocenters. The first-order chi connectivity index (χ1) is 13.0. The van der Waals surface area contributed by atoms with E-state index in [0.29, 0.717) is 30.1 Å². The summed E-state index contributed by atoms with van der Waals surface area (Å²) in [4.78, 5) is 26.5. The maximum absolute atomic E-state index is 12.6. The Morgan fingerprint density at radius 1 is 1.15 bits per heavy atom. The SMILES string of the molecule is O=C1NC(=S)SC1Cc1cccc2c1CCC(=O)N2Cc1ccc(Br)cc1. The Kier molecular flexibility index (Phi) is 5.34. The van der Waals surface area contributed by atoms with Gasteiger partial charge in [-0.3, -0.25) is 9.59 Å². The Bertz CT molecular complexity index is 930. The van der Waals surface area contributed by atoms with Gasteiger partial charge in [0.25, 0.3) is 0 Å². The molecule has 0 radical (unpaired) electrons. The molecular weight excluding hydrogens is 444 g/mol. The lowest BCUT2D eigenvalue weighted by molar-refractivity contribution is -0.119. The van der Waals surface area contributed by atoms with Crippen LogP contribution in [0.3, 0.4) is 0 Å². The standard InChI is InChI=1S/C20H17BrN2O2S2/c21-14-6-4-12(5-7-14)11-23-16-3-1-2-13(15(16)8-9-18(23)24)10-17-19(25)22-20(26)27-17/h1-7,17H,8-11H2,(H,22,25,26). The number of carbonyl (C=O) groups excluding carboxylic acids is 2. The Hall–Kier alpha value is -1.70. The van der Waals surface area contributed by atoms with Gasteiger partial charge in [0.05, 0.1) is 11.8 Å². The van der Waals surface area contributed by atoms with E-state index >= 15 is 0 Å². The van der Waals surface area contributed by atoms with Crippen LogP contribution in [0, 0.1) is 0 Å². The number of hydrogen-bond acceptors (Lipinski definition) is 4. The molecule has 7 heteroatoms. The molecule has 0 spiro atoms. The number of benzene rings is 2. The van der Waals surface area contributed by atoms with Gasteiger partial charge in [0.15, 0.2) is 0 Å². The number of anilines is 1. The third kappa shape index (κ3) is 3.95. The minimum absolute atomic E-state index is 0.0267. The van der Waals surface area contributed by atoms with Gasteiger partial charge >= 0.3 is 0 Å². The second kappa shape index (κ2) is 7.73. The van der Waals surface area contributed by atoms with Crippen molar-refractivity contribution in [2.75, 3.05) is 4.90 Å². The monoisotopic (exact) mass is 460 g/mol. The topological polar surface area (TPSA) is 49.4 Å². The van der Waals surface area contributed by atoms with Gasteiger partial charge < -0.3 is 10.2 Å². The number of rotatable bonds is 4. The van der Waals surface area contributed by atoms with Crippen LogP contribution < -0.4 is 10.2 Å². The fourth-order valence-corrected chi connectivity index (χ4v) is 5.09. The summed E-state index contributed by atoms with van der Waals surface area (Å²) in [7, 11) is 0. The molecule has 1 unspecified atom stereocenters. The molecule has 4 nitrogen and oxygen atoms in total. The van der Waals surface area contributed by atoms with Crippen molar-refractivity contribution in [3.8, 4) is 0 Å². The molecule has 0 bridgehead atoms. The highest BCUT2D eigenvalue weighted by molar-refractivity contribution is 9.10. The fourth-order valence-electron chi connectivity index (χ4n) is 3.53. The van der Waals surface area contributed by atoms with Crippen LogP contribution in [-0.2, 0) is 29.0 Å². The lowest BCUT2D eigenvalue weighted by Gasteiger charge is -2.31. The number of amides is 2. The predicted molar refractivity (Wildman–Crippen MR) is 116 cm³/mol. The number of fused-ring (bicyclic) bond motifs is 1. The first-order valence-electron chi connectivity index (χ1n) is 8.68. The van der Waals surface area contributed by atoms with E-state index < -0.39 is 0 Å². The second-order valence-corrected chi connectivity index (χ2v) is 9.40. The van der Waals surface area contributed by atoms with Crippen molar-refractivity contribution < 1.29 is 9.59 Å². The van der Waals surface area contributed by atoms with Crippen LogP contribution in [0.1, 0.15) is 23.1 Å². The van der Waals surface area contributed by atoms with Gasteiger partial charge in [0.1, 0.15) is 4.32 Å². The van der Waals surface area contributed by atoms with Crippen LogP contribution in [-0.4, -0.2) is 21.4 Å². The molecule has 1 N–H and O–H groups in total. The quantitative estimate of drug-likeness (QED) is 0.700. The van der Waals surface area contributed by atoms with Crippen LogP contribution in [0.15, 0.2) is 46.9 Å². The van der Waals surface area contributed by atoms with Crippen molar-refractivity contribution in [2.45, 2.75) is 31.1 Å². The molecule has 1 fully saturated rings. The van der Waals surface area contributed by atoms with Gasteiger partial charge in [-0.05, 0) is 47.7 Å². The predicted octanol–water partition coefficient (Wildman–Crippen LogP) is 3.99. The molecular formula is C20H17BrN2O2S2. The highest BCUT2D eigenvalue weighted by atomic mass is 79.9. The minimum Gasteiger partial charge on any atom is -0.311 e. The van der Waals surface area contributed by atoms with E-state index in [1.807, 2.05) is 41.3 Å². The summed E-state index contributed by atoms with van der Waals surface area (Å²) in [6.07, 6.45) is 1.83. The Morgan fingerprint density at radius 2 is 1.93 bits per heavy atom. The lowest BCUT2D eigenvalue weighted by Crippen LogP contribution is -2.35. The van der Waals surface area contributed by atoms with Crippen molar-refractivity contribution in [1.29, 1.82) is 0 Å². The summed E-state index contributed by atoms with van der Waals surface area (Å²) in [6.45, 7) is 0.547. The van der Waals surface area contributed by atoms with E-state index in [2.05, 4.69) is 27.3 Å². The molecule has 4 rings (SSSR count). The lowest BCUT2D eigenvalue weighted by atomic mass is 9.93. The van der Waals surface area contributed by atoms with Crippen LogP contribution in [0.2, 0.25) is 0 Å². The second-order valence-electron chi connectivity index (χ2n) is 6.61. The maximum Gasteiger partial charge on any atom is 0.239 e. The number of nitrogens with one attached hydrogen (secondary N) is 1. The fraction of sp³-hybridized carbons (Fsp3) is 0.250. The number of thioether (sulfide) groups is 1. The zero-order chi connectivity index (χ0) is 19.0. The van der Waals surface area contributed by atoms with E-state index in [0.717, 1.165) is 21.3 Å². The molecule has 2 aliphatic rings. The van der Waals surface area contributed by atoms with Crippen LogP contribution >= 0.6 is 39.9 Å². The van der Waals surface area contributed by atoms with Gasteiger partial charge in [0, 0.05) is 16.6 Å². The average molecular weight is 461 g/mol. The van der Waals surface area contributed by atoms with Crippen molar-refractivity contribution >= 4 is 61.7 Å². The molecule has 2 amide bonds. The van der Waals surface area contributed by atoms with Gasteiger partial charge in [-0.1, -0.05) is 64.2 Å². The largest absolute Gasteiger partial charge is 0.311 e. The number of hydrogen-bond donors (Lipinski definition) is 1. The number of nitrogens with zero attached hydrogens (tertiary/aromatic N) is 1. The zero-order valence-electron chi connectivity index (χ0n) is 14.4. The number of carbonyl (C=O) groups is 2. The Morgan fingerprint density at radius 3 is 2.63 bits per heavy atom. The van der Waals surface area contributed by atoms with Crippen molar-refractivity contribution in [3.05, 3.63) is 63.6 Å². The summed E-state index contributed by atoms with van der Waals surface area (Å²) < 4.78 is 1.56. The van der Waals surface area contributed by atoms with E-state index in [1.54, 1.807) is 0 Å². The van der Waals surface area contributed by atoms with E-state index in [-0.39, 0.29) is 17.1 Å². The average Bonchev–Trinajstić information content (AvgIpc) is 2.96. The van der Waals surface area contributed by atoms with Gasteiger partial charge in [-0.15, -0.1) is 0 Å². The molecule has 27 heavy (non-hydrogen) atoms. The van der Waals surface area contributed by atoms with E-state index in [4.69, 9.17) is 12.2 Å². The van der Waals surface area contributed by atoms with Gasteiger partial charge in [-0.25, -0.2) is 0 Å². The Labute approximate surface area is 175 Å². The highest BCUT2D eigenvalue weighted by Crippen LogP contribution is 2.34. The van der Waals surface area contributed by atoms with Gasteiger partial charge in [-0.2, -0.15) is 0 Å². The van der Waals surface area contributed by atoms with Gasteiger partial charge in [0.2, 0.25) is 11.8 Å². The number of halogens is 1. The molecule has 0 saturated carbocycles. The van der Waals surface area contributed by atoms with Crippen molar-refractivity contribution in [1.82, 2.24) is 5.32 Å². The molecule has 2 aromatic rings.